The highest BCUT2D eigenvalue weighted by Crippen LogP contribution is 2.17. The second-order valence-electron chi connectivity index (χ2n) is 3.28. The van der Waals surface area contributed by atoms with Crippen molar-refractivity contribution in [2.45, 2.75) is 6.92 Å². The van der Waals surface area contributed by atoms with Gasteiger partial charge in [-0.15, -0.1) is 0 Å². The summed E-state index contributed by atoms with van der Waals surface area (Å²) in [5, 5.41) is 2.79. The Morgan fingerprint density at radius 2 is 1.94 bits per heavy atom. The molecule has 88 valence electrons. The summed E-state index contributed by atoms with van der Waals surface area (Å²) >= 11 is 0. The van der Waals surface area contributed by atoms with Gasteiger partial charge in [0, 0.05) is 0 Å². The molecule has 1 heterocycles. The first-order valence-corrected chi connectivity index (χ1v) is 5.26. The molecular formula is C12H12FN3O. The van der Waals surface area contributed by atoms with Crippen molar-refractivity contribution in [3.63, 3.8) is 0 Å². The number of nitrogens with one attached hydrogen (secondary N) is 1. The number of aromatic nitrogens is 2. The molecule has 0 aliphatic rings. The lowest BCUT2D eigenvalue weighted by Gasteiger charge is -2.06. The molecule has 0 bridgehead atoms. The molecule has 2 aromatic rings. The van der Waals surface area contributed by atoms with Crippen LogP contribution in [0.25, 0.3) is 0 Å². The average molecular weight is 233 g/mol. The smallest absolute Gasteiger partial charge is 0.227 e. The van der Waals surface area contributed by atoms with Gasteiger partial charge in [0.1, 0.15) is 5.82 Å². The van der Waals surface area contributed by atoms with Crippen LogP contribution in [0.15, 0.2) is 36.7 Å². The van der Waals surface area contributed by atoms with Crippen molar-refractivity contribution in [3.05, 3.63) is 42.5 Å². The topological polar surface area (TPSA) is 47.0 Å². The predicted molar refractivity (Wildman–Crippen MR) is 62.9 cm³/mol. The van der Waals surface area contributed by atoms with E-state index in [9.17, 15) is 4.39 Å². The van der Waals surface area contributed by atoms with Crippen molar-refractivity contribution >= 4 is 11.6 Å². The largest absolute Gasteiger partial charge is 0.491 e. The Bertz CT molecular complexity index is 487. The summed E-state index contributed by atoms with van der Waals surface area (Å²) in [7, 11) is 0. The van der Waals surface area contributed by atoms with Gasteiger partial charge in [0.05, 0.1) is 24.7 Å². The van der Waals surface area contributed by atoms with Crippen LogP contribution in [0.2, 0.25) is 0 Å². The van der Waals surface area contributed by atoms with Crippen LogP contribution in [0.1, 0.15) is 6.92 Å². The normalized spacial score (nSPS) is 10.0. The first kappa shape index (κ1) is 11.3. The van der Waals surface area contributed by atoms with Crippen LogP contribution in [0.3, 0.4) is 0 Å². The minimum Gasteiger partial charge on any atom is -0.491 e. The van der Waals surface area contributed by atoms with E-state index in [4.69, 9.17) is 4.74 Å². The van der Waals surface area contributed by atoms with E-state index < -0.39 is 0 Å². The van der Waals surface area contributed by atoms with E-state index in [1.165, 1.54) is 6.07 Å². The third-order valence-corrected chi connectivity index (χ3v) is 2.06. The van der Waals surface area contributed by atoms with E-state index in [-0.39, 0.29) is 5.82 Å². The molecule has 0 aliphatic heterocycles. The summed E-state index contributed by atoms with van der Waals surface area (Å²) in [6, 6.07) is 6.35. The fourth-order valence-corrected chi connectivity index (χ4v) is 1.30. The molecule has 1 aromatic heterocycles. The molecule has 0 spiro atoms. The summed E-state index contributed by atoms with van der Waals surface area (Å²) in [6.45, 7) is 2.44. The molecule has 0 fully saturated rings. The minimum atomic E-state index is -0.343. The van der Waals surface area contributed by atoms with Crippen molar-refractivity contribution in [1.82, 2.24) is 9.97 Å². The number of ether oxygens (including phenoxy) is 1. The Hall–Kier alpha value is -2.17. The van der Waals surface area contributed by atoms with Crippen LogP contribution >= 0.6 is 0 Å². The number of hydrogen-bond acceptors (Lipinski definition) is 4. The molecule has 1 N–H and O–H groups in total. The van der Waals surface area contributed by atoms with E-state index in [1.807, 2.05) is 6.92 Å². The summed E-state index contributed by atoms with van der Waals surface area (Å²) in [5.74, 6) is 0.579. The van der Waals surface area contributed by atoms with Gasteiger partial charge in [-0.3, -0.25) is 0 Å². The second-order valence-corrected chi connectivity index (χ2v) is 3.28. The van der Waals surface area contributed by atoms with Gasteiger partial charge in [-0.1, -0.05) is 12.1 Å². The number of nitrogens with zero attached hydrogens (tertiary/aromatic N) is 2. The summed E-state index contributed by atoms with van der Waals surface area (Å²) < 4.78 is 18.5. The summed E-state index contributed by atoms with van der Waals surface area (Å²) in [4.78, 5) is 8.04. The number of halogens is 1. The number of benzene rings is 1. The van der Waals surface area contributed by atoms with Crippen molar-refractivity contribution in [1.29, 1.82) is 0 Å². The van der Waals surface area contributed by atoms with Crippen molar-refractivity contribution in [3.8, 4) is 5.75 Å². The molecule has 5 heteroatoms. The van der Waals surface area contributed by atoms with Gasteiger partial charge < -0.3 is 10.1 Å². The minimum absolute atomic E-state index is 0.332. The SMILES string of the molecule is CCOc1cnc(Nc2ccccc2F)nc1. The zero-order chi connectivity index (χ0) is 12.1. The van der Waals surface area contributed by atoms with E-state index >= 15 is 0 Å². The van der Waals surface area contributed by atoms with E-state index in [2.05, 4.69) is 15.3 Å². The Kier molecular flexibility index (Phi) is 3.49. The molecule has 17 heavy (non-hydrogen) atoms. The van der Waals surface area contributed by atoms with E-state index in [0.717, 1.165) is 0 Å². The highest BCUT2D eigenvalue weighted by molar-refractivity contribution is 5.53. The Balaban J connectivity index is 2.11. The van der Waals surface area contributed by atoms with Gasteiger partial charge >= 0.3 is 0 Å². The highest BCUT2D eigenvalue weighted by atomic mass is 19.1. The van der Waals surface area contributed by atoms with Crippen molar-refractivity contribution in [2.24, 2.45) is 0 Å². The van der Waals surface area contributed by atoms with Crippen LogP contribution in [0, 0.1) is 5.82 Å². The maximum Gasteiger partial charge on any atom is 0.227 e. The third-order valence-electron chi connectivity index (χ3n) is 2.06. The monoisotopic (exact) mass is 233 g/mol. The molecule has 0 saturated heterocycles. The number of hydrogen-bond donors (Lipinski definition) is 1. The van der Waals surface area contributed by atoms with Crippen LogP contribution in [-0.2, 0) is 0 Å². The third kappa shape index (κ3) is 2.90. The molecule has 2 rings (SSSR count). The van der Waals surface area contributed by atoms with Crippen LogP contribution < -0.4 is 10.1 Å². The van der Waals surface area contributed by atoms with Gasteiger partial charge in [-0.2, -0.15) is 0 Å². The summed E-state index contributed by atoms with van der Waals surface area (Å²) in [5.41, 5.74) is 0.344. The fraction of sp³-hybridized carbons (Fsp3) is 0.167. The molecular weight excluding hydrogens is 221 g/mol. The Labute approximate surface area is 98.5 Å². The lowest BCUT2D eigenvalue weighted by atomic mass is 10.3. The molecule has 0 unspecified atom stereocenters. The average Bonchev–Trinajstić information content (AvgIpc) is 2.35. The summed E-state index contributed by atoms with van der Waals surface area (Å²) in [6.07, 6.45) is 3.08. The first-order valence-electron chi connectivity index (χ1n) is 5.26. The molecule has 0 radical (unpaired) electrons. The molecule has 0 aliphatic carbocycles. The van der Waals surface area contributed by atoms with Crippen LogP contribution in [0.4, 0.5) is 16.0 Å². The van der Waals surface area contributed by atoms with Gasteiger partial charge in [0.15, 0.2) is 5.75 Å². The maximum absolute atomic E-state index is 13.3. The van der Waals surface area contributed by atoms with E-state index in [0.29, 0.717) is 24.0 Å². The lowest BCUT2D eigenvalue weighted by molar-refractivity contribution is 0.337. The predicted octanol–water partition coefficient (Wildman–Crippen LogP) is 2.76. The Morgan fingerprint density at radius 3 is 2.59 bits per heavy atom. The zero-order valence-corrected chi connectivity index (χ0v) is 9.35. The second kappa shape index (κ2) is 5.25. The Morgan fingerprint density at radius 1 is 1.24 bits per heavy atom. The number of anilines is 2. The molecule has 1 aromatic carbocycles. The quantitative estimate of drug-likeness (QED) is 0.882. The number of rotatable bonds is 4. The highest BCUT2D eigenvalue weighted by Gasteiger charge is 2.02. The fourth-order valence-electron chi connectivity index (χ4n) is 1.30. The molecule has 0 saturated carbocycles. The van der Waals surface area contributed by atoms with Gasteiger partial charge in [-0.05, 0) is 19.1 Å². The van der Waals surface area contributed by atoms with E-state index in [1.54, 1.807) is 30.6 Å². The number of para-hydroxylation sites is 1. The molecule has 4 nitrogen and oxygen atoms in total. The zero-order valence-electron chi connectivity index (χ0n) is 9.35. The first-order chi connectivity index (χ1) is 8.29. The van der Waals surface area contributed by atoms with Crippen molar-refractivity contribution in [2.75, 3.05) is 11.9 Å². The molecule has 0 amide bonds. The lowest BCUT2D eigenvalue weighted by Crippen LogP contribution is -2.00. The van der Waals surface area contributed by atoms with Gasteiger partial charge in [0.25, 0.3) is 0 Å². The van der Waals surface area contributed by atoms with Crippen LogP contribution in [0.5, 0.6) is 5.75 Å². The maximum atomic E-state index is 13.3. The van der Waals surface area contributed by atoms with Gasteiger partial charge in [0.2, 0.25) is 5.95 Å². The van der Waals surface area contributed by atoms with Gasteiger partial charge in [-0.25, -0.2) is 14.4 Å². The van der Waals surface area contributed by atoms with Crippen LogP contribution in [-0.4, -0.2) is 16.6 Å². The van der Waals surface area contributed by atoms with Crippen molar-refractivity contribution < 1.29 is 9.13 Å². The molecule has 0 atom stereocenters. The standard InChI is InChI=1S/C12H12FN3O/c1-2-17-9-7-14-12(15-8-9)16-11-6-4-3-5-10(11)13/h3-8H,2H2,1H3,(H,14,15,16).